The quantitative estimate of drug-likeness (QED) is 0.778. The van der Waals surface area contributed by atoms with E-state index in [-0.39, 0.29) is 0 Å². The fourth-order valence-electron chi connectivity index (χ4n) is 1.77. The predicted octanol–water partition coefficient (Wildman–Crippen LogP) is 3.62. The Bertz CT molecular complexity index is 388. The first-order valence-corrected chi connectivity index (χ1v) is 7.03. The van der Waals surface area contributed by atoms with E-state index < -0.39 is 0 Å². The average molecular weight is 265 g/mol. The summed E-state index contributed by atoms with van der Waals surface area (Å²) in [4.78, 5) is 0. The first-order valence-electron chi connectivity index (χ1n) is 7.03. The molecule has 0 aliphatic heterocycles. The molecule has 0 atom stereocenters. The van der Waals surface area contributed by atoms with Gasteiger partial charge < -0.3 is 14.8 Å². The van der Waals surface area contributed by atoms with E-state index in [4.69, 9.17) is 9.47 Å². The van der Waals surface area contributed by atoms with Gasteiger partial charge in [-0.25, -0.2) is 0 Å². The highest BCUT2D eigenvalue weighted by Crippen LogP contribution is 2.28. The van der Waals surface area contributed by atoms with Crippen molar-refractivity contribution in [1.29, 1.82) is 0 Å². The topological polar surface area (TPSA) is 30.5 Å². The second-order valence-corrected chi connectivity index (χ2v) is 5.54. The summed E-state index contributed by atoms with van der Waals surface area (Å²) in [5.74, 6) is 1.61. The van der Waals surface area contributed by atoms with Gasteiger partial charge in [0.05, 0.1) is 13.7 Å². The number of nitrogens with one attached hydrogen (secondary N) is 1. The van der Waals surface area contributed by atoms with E-state index in [9.17, 15) is 0 Å². The van der Waals surface area contributed by atoms with Crippen molar-refractivity contribution in [3.63, 3.8) is 0 Å². The van der Waals surface area contributed by atoms with Crippen molar-refractivity contribution in [3.05, 3.63) is 23.8 Å². The zero-order valence-electron chi connectivity index (χ0n) is 12.9. The Morgan fingerprint density at radius 2 is 1.89 bits per heavy atom. The normalized spacial score (nSPS) is 11.4. The molecule has 1 rings (SSSR count). The van der Waals surface area contributed by atoms with Crippen LogP contribution in [0.4, 0.5) is 0 Å². The Balaban J connectivity index is 2.61. The molecule has 0 saturated carbocycles. The third-order valence-corrected chi connectivity index (χ3v) is 3.42. The molecule has 0 radical (unpaired) electrons. The van der Waals surface area contributed by atoms with Crippen LogP contribution in [0, 0.1) is 5.41 Å². The number of hydrogen-bond acceptors (Lipinski definition) is 3. The first kappa shape index (κ1) is 15.8. The highest BCUT2D eigenvalue weighted by Gasteiger charge is 2.14. The van der Waals surface area contributed by atoms with E-state index in [0.29, 0.717) is 12.0 Å². The molecule has 0 aliphatic rings. The standard InChI is InChI=1S/C16H27NO2/c1-6-16(3,4)12-17-11-13-8-9-14(18-5)15(10-13)19-7-2/h8-10,17H,6-7,11-12H2,1-5H3. The van der Waals surface area contributed by atoms with Crippen molar-refractivity contribution in [1.82, 2.24) is 5.32 Å². The van der Waals surface area contributed by atoms with E-state index in [1.165, 1.54) is 12.0 Å². The number of methoxy groups -OCH3 is 1. The molecule has 0 bridgehead atoms. The summed E-state index contributed by atoms with van der Waals surface area (Å²) in [6.07, 6.45) is 1.17. The van der Waals surface area contributed by atoms with Crippen LogP contribution >= 0.6 is 0 Å². The zero-order chi connectivity index (χ0) is 14.3. The molecule has 108 valence electrons. The van der Waals surface area contributed by atoms with Crippen molar-refractivity contribution in [2.75, 3.05) is 20.3 Å². The van der Waals surface area contributed by atoms with Crippen molar-refractivity contribution in [2.45, 2.75) is 40.7 Å². The maximum atomic E-state index is 5.58. The van der Waals surface area contributed by atoms with Gasteiger partial charge in [0, 0.05) is 13.1 Å². The summed E-state index contributed by atoms with van der Waals surface area (Å²) < 4.78 is 10.9. The molecular weight excluding hydrogens is 238 g/mol. The lowest BCUT2D eigenvalue weighted by atomic mass is 9.90. The summed E-state index contributed by atoms with van der Waals surface area (Å²) >= 11 is 0. The van der Waals surface area contributed by atoms with E-state index >= 15 is 0 Å². The molecule has 0 heterocycles. The lowest BCUT2D eigenvalue weighted by Gasteiger charge is -2.23. The smallest absolute Gasteiger partial charge is 0.161 e. The SMILES string of the molecule is CCOc1cc(CNCC(C)(C)CC)ccc1OC. The van der Waals surface area contributed by atoms with Crippen LogP contribution in [0.3, 0.4) is 0 Å². The van der Waals surface area contributed by atoms with Crippen LogP contribution in [-0.4, -0.2) is 20.3 Å². The van der Waals surface area contributed by atoms with Crippen LogP contribution in [0.1, 0.15) is 39.7 Å². The zero-order valence-corrected chi connectivity index (χ0v) is 12.9. The van der Waals surface area contributed by atoms with Gasteiger partial charge >= 0.3 is 0 Å². The third kappa shape index (κ3) is 5.11. The minimum Gasteiger partial charge on any atom is -0.493 e. The van der Waals surface area contributed by atoms with Crippen molar-refractivity contribution in [3.8, 4) is 11.5 Å². The molecule has 0 saturated heterocycles. The number of ether oxygens (including phenoxy) is 2. The Morgan fingerprint density at radius 1 is 1.16 bits per heavy atom. The molecule has 0 unspecified atom stereocenters. The van der Waals surface area contributed by atoms with Gasteiger partial charge in [0.15, 0.2) is 11.5 Å². The molecule has 0 amide bonds. The van der Waals surface area contributed by atoms with E-state index in [2.05, 4.69) is 32.2 Å². The van der Waals surface area contributed by atoms with Crippen LogP contribution in [-0.2, 0) is 6.54 Å². The van der Waals surface area contributed by atoms with Gasteiger partial charge in [-0.3, -0.25) is 0 Å². The molecule has 0 aromatic heterocycles. The average Bonchev–Trinajstić information content (AvgIpc) is 2.39. The fraction of sp³-hybridized carbons (Fsp3) is 0.625. The molecule has 3 nitrogen and oxygen atoms in total. The summed E-state index contributed by atoms with van der Waals surface area (Å²) in [6.45, 7) is 11.3. The molecule has 0 fully saturated rings. The van der Waals surface area contributed by atoms with Gasteiger partial charge in [0.2, 0.25) is 0 Å². The largest absolute Gasteiger partial charge is 0.493 e. The van der Waals surface area contributed by atoms with E-state index in [1.807, 2.05) is 19.1 Å². The highest BCUT2D eigenvalue weighted by molar-refractivity contribution is 5.42. The third-order valence-electron chi connectivity index (χ3n) is 3.42. The molecule has 19 heavy (non-hydrogen) atoms. The second-order valence-electron chi connectivity index (χ2n) is 5.54. The number of benzene rings is 1. The van der Waals surface area contributed by atoms with Gasteiger partial charge in [-0.05, 0) is 36.5 Å². The Morgan fingerprint density at radius 3 is 2.47 bits per heavy atom. The van der Waals surface area contributed by atoms with E-state index in [1.54, 1.807) is 7.11 Å². The van der Waals surface area contributed by atoms with Crippen LogP contribution in [0.5, 0.6) is 11.5 Å². The van der Waals surface area contributed by atoms with Crippen molar-refractivity contribution < 1.29 is 9.47 Å². The molecule has 3 heteroatoms. The molecule has 1 aromatic rings. The Kier molecular flexibility index (Phi) is 6.16. The van der Waals surface area contributed by atoms with E-state index in [0.717, 1.165) is 24.6 Å². The maximum Gasteiger partial charge on any atom is 0.161 e. The van der Waals surface area contributed by atoms with Crippen LogP contribution < -0.4 is 14.8 Å². The van der Waals surface area contributed by atoms with Gasteiger partial charge in [-0.2, -0.15) is 0 Å². The summed E-state index contributed by atoms with van der Waals surface area (Å²) in [5, 5.41) is 3.50. The molecule has 0 spiro atoms. The minimum absolute atomic E-state index is 0.342. The van der Waals surface area contributed by atoms with Gasteiger partial charge in [-0.1, -0.05) is 26.8 Å². The summed E-state index contributed by atoms with van der Waals surface area (Å²) in [6, 6.07) is 6.09. The minimum atomic E-state index is 0.342. The summed E-state index contributed by atoms with van der Waals surface area (Å²) in [5.41, 5.74) is 1.56. The van der Waals surface area contributed by atoms with Crippen LogP contribution in [0.15, 0.2) is 18.2 Å². The first-order chi connectivity index (χ1) is 9.02. The maximum absolute atomic E-state index is 5.58. The van der Waals surface area contributed by atoms with Gasteiger partial charge in [0.1, 0.15) is 0 Å². The van der Waals surface area contributed by atoms with Gasteiger partial charge in [0.25, 0.3) is 0 Å². The van der Waals surface area contributed by atoms with Crippen LogP contribution in [0.2, 0.25) is 0 Å². The summed E-state index contributed by atoms with van der Waals surface area (Å²) in [7, 11) is 1.67. The van der Waals surface area contributed by atoms with Crippen molar-refractivity contribution in [2.24, 2.45) is 5.41 Å². The van der Waals surface area contributed by atoms with Crippen LogP contribution in [0.25, 0.3) is 0 Å². The molecule has 1 aromatic carbocycles. The number of hydrogen-bond donors (Lipinski definition) is 1. The van der Waals surface area contributed by atoms with Crippen molar-refractivity contribution >= 4 is 0 Å². The lowest BCUT2D eigenvalue weighted by Crippen LogP contribution is -2.28. The monoisotopic (exact) mass is 265 g/mol. The molecule has 0 aliphatic carbocycles. The second kappa shape index (κ2) is 7.39. The predicted molar refractivity (Wildman–Crippen MR) is 79.9 cm³/mol. The molecule has 1 N–H and O–H groups in total. The Labute approximate surface area is 117 Å². The molecular formula is C16H27NO2. The number of rotatable bonds is 8. The van der Waals surface area contributed by atoms with Gasteiger partial charge in [-0.15, -0.1) is 0 Å². The fourth-order valence-corrected chi connectivity index (χ4v) is 1.77. The Hall–Kier alpha value is -1.22. The highest BCUT2D eigenvalue weighted by atomic mass is 16.5. The lowest BCUT2D eigenvalue weighted by molar-refractivity contribution is 0.309.